The molecule has 0 saturated heterocycles. The number of hydrogen-bond acceptors (Lipinski definition) is 5. The first-order valence-electron chi connectivity index (χ1n) is 8.03. The number of hydrogen-bond donors (Lipinski definition) is 1. The van der Waals surface area contributed by atoms with Crippen molar-refractivity contribution in [3.05, 3.63) is 53.1 Å². The predicted molar refractivity (Wildman–Crippen MR) is 99.1 cm³/mol. The van der Waals surface area contributed by atoms with Gasteiger partial charge in [0.1, 0.15) is 0 Å². The van der Waals surface area contributed by atoms with E-state index < -0.39 is 18.0 Å². The Morgan fingerprint density at radius 3 is 2.54 bits per heavy atom. The lowest BCUT2D eigenvalue weighted by Gasteiger charge is -2.15. The van der Waals surface area contributed by atoms with Gasteiger partial charge in [-0.3, -0.25) is 4.79 Å². The van der Waals surface area contributed by atoms with Crippen LogP contribution in [0.5, 0.6) is 11.5 Å². The Labute approximate surface area is 157 Å². The molecule has 0 spiro atoms. The van der Waals surface area contributed by atoms with Gasteiger partial charge in [0.05, 0.1) is 30.0 Å². The second kappa shape index (κ2) is 9.10. The third-order valence-electron chi connectivity index (χ3n) is 3.48. The molecule has 26 heavy (non-hydrogen) atoms. The molecule has 0 aliphatic heterocycles. The van der Waals surface area contributed by atoms with Crippen LogP contribution in [0.4, 0.5) is 5.69 Å². The van der Waals surface area contributed by atoms with Crippen molar-refractivity contribution in [2.24, 2.45) is 0 Å². The third-order valence-corrected chi connectivity index (χ3v) is 3.81. The molecule has 0 aliphatic rings. The molecule has 7 heteroatoms. The van der Waals surface area contributed by atoms with Gasteiger partial charge in [-0.05, 0) is 44.2 Å². The molecule has 1 N–H and O–H groups in total. The number of anilines is 1. The summed E-state index contributed by atoms with van der Waals surface area (Å²) in [6.45, 7) is 3.80. The molecule has 2 aromatic rings. The van der Waals surface area contributed by atoms with Crippen molar-refractivity contribution in [2.45, 2.75) is 20.0 Å². The number of nitrogens with one attached hydrogen (secondary N) is 1. The number of para-hydroxylation sites is 1. The second-order valence-corrected chi connectivity index (χ2v) is 5.72. The van der Waals surface area contributed by atoms with Gasteiger partial charge in [0, 0.05) is 0 Å². The number of carbonyl (C=O) groups is 2. The van der Waals surface area contributed by atoms with Crippen molar-refractivity contribution < 1.29 is 23.8 Å². The first-order chi connectivity index (χ1) is 12.5. The smallest absolute Gasteiger partial charge is 0.339 e. The zero-order valence-corrected chi connectivity index (χ0v) is 15.5. The Kier molecular flexibility index (Phi) is 6.86. The van der Waals surface area contributed by atoms with Gasteiger partial charge in [-0.15, -0.1) is 0 Å². The average Bonchev–Trinajstić information content (AvgIpc) is 2.64. The van der Waals surface area contributed by atoms with E-state index in [1.807, 2.05) is 6.92 Å². The monoisotopic (exact) mass is 377 g/mol. The van der Waals surface area contributed by atoms with E-state index in [9.17, 15) is 9.59 Å². The summed E-state index contributed by atoms with van der Waals surface area (Å²) in [5.41, 5.74) is 0.701. The van der Waals surface area contributed by atoms with Crippen LogP contribution in [0.2, 0.25) is 5.02 Å². The van der Waals surface area contributed by atoms with Crippen LogP contribution in [0, 0.1) is 0 Å². The molecule has 0 fully saturated rings. The van der Waals surface area contributed by atoms with Crippen molar-refractivity contribution in [1.29, 1.82) is 0 Å². The second-order valence-electron chi connectivity index (χ2n) is 5.32. The zero-order valence-electron chi connectivity index (χ0n) is 14.7. The number of methoxy groups -OCH3 is 1. The molecule has 1 atom stereocenters. The summed E-state index contributed by atoms with van der Waals surface area (Å²) in [4.78, 5) is 24.5. The van der Waals surface area contributed by atoms with Gasteiger partial charge in [0.15, 0.2) is 17.6 Å². The minimum absolute atomic E-state index is 0.252. The van der Waals surface area contributed by atoms with E-state index in [0.29, 0.717) is 28.8 Å². The lowest BCUT2D eigenvalue weighted by atomic mass is 10.2. The zero-order chi connectivity index (χ0) is 19.1. The van der Waals surface area contributed by atoms with Gasteiger partial charge in [0.2, 0.25) is 0 Å². The third kappa shape index (κ3) is 4.89. The Balaban J connectivity index is 2.04. The molecule has 6 nitrogen and oxygen atoms in total. The van der Waals surface area contributed by atoms with E-state index >= 15 is 0 Å². The number of benzene rings is 2. The first-order valence-corrected chi connectivity index (χ1v) is 8.41. The molecule has 0 bridgehead atoms. The highest BCUT2D eigenvalue weighted by Crippen LogP contribution is 2.28. The maximum Gasteiger partial charge on any atom is 0.339 e. The lowest BCUT2D eigenvalue weighted by molar-refractivity contribution is -0.123. The lowest BCUT2D eigenvalue weighted by Crippen LogP contribution is -2.30. The van der Waals surface area contributed by atoms with Gasteiger partial charge in [-0.1, -0.05) is 23.7 Å². The summed E-state index contributed by atoms with van der Waals surface area (Å²) >= 11 is 6.00. The predicted octanol–water partition coefficient (Wildman–Crippen LogP) is 3.93. The molecule has 1 unspecified atom stereocenters. The molecule has 0 heterocycles. The van der Waals surface area contributed by atoms with Crippen LogP contribution >= 0.6 is 11.6 Å². The van der Waals surface area contributed by atoms with E-state index in [1.165, 1.54) is 20.1 Å². The molecule has 0 aromatic heterocycles. The number of amides is 1. The maximum absolute atomic E-state index is 12.3. The minimum atomic E-state index is -1.00. The van der Waals surface area contributed by atoms with Gasteiger partial charge in [-0.25, -0.2) is 4.79 Å². The van der Waals surface area contributed by atoms with Crippen molar-refractivity contribution in [3.63, 3.8) is 0 Å². The van der Waals surface area contributed by atoms with Crippen LogP contribution in [0.25, 0.3) is 0 Å². The van der Waals surface area contributed by atoms with Crippen LogP contribution < -0.4 is 14.8 Å². The summed E-state index contributed by atoms with van der Waals surface area (Å²) in [6.07, 6.45) is -1.00. The van der Waals surface area contributed by atoms with Crippen molar-refractivity contribution in [3.8, 4) is 11.5 Å². The molecule has 138 valence electrons. The standard InChI is InChI=1S/C19H20ClNO5/c1-4-25-16-10-9-13(11-17(16)24-3)19(23)26-12(2)18(22)21-15-8-6-5-7-14(15)20/h5-12H,4H2,1-3H3,(H,21,22). The average molecular weight is 378 g/mol. The molecular formula is C19H20ClNO5. The summed E-state index contributed by atoms with van der Waals surface area (Å²) in [5, 5.41) is 3.02. The van der Waals surface area contributed by atoms with E-state index in [0.717, 1.165) is 0 Å². The van der Waals surface area contributed by atoms with E-state index in [2.05, 4.69) is 5.32 Å². The fraction of sp³-hybridized carbons (Fsp3) is 0.263. The van der Waals surface area contributed by atoms with Gasteiger partial charge >= 0.3 is 5.97 Å². The highest BCUT2D eigenvalue weighted by atomic mass is 35.5. The maximum atomic E-state index is 12.3. The van der Waals surface area contributed by atoms with Crippen molar-refractivity contribution in [1.82, 2.24) is 0 Å². The Morgan fingerprint density at radius 1 is 1.15 bits per heavy atom. The van der Waals surface area contributed by atoms with E-state index in [-0.39, 0.29) is 5.56 Å². The summed E-state index contributed by atoms with van der Waals surface area (Å²) in [6, 6.07) is 11.5. The highest BCUT2D eigenvalue weighted by Gasteiger charge is 2.20. The number of halogens is 1. The number of carbonyl (C=O) groups excluding carboxylic acids is 2. The number of esters is 1. The van der Waals surface area contributed by atoms with Crippen LogP contribution in [-0.4, -0.2) is 31.7 Å². The van der Waals surface area contributed by atoms with Crippen LogP contribution in [0.3, 0.4) is 0 Å². The Hall–Kier alpha value is -2.73. The van der Waals surface area contributed by atoms with E-state index in [4.69, 9.17) is 25.8 Å². The molecular weight excluding hydrogens is 358 g/mol. The summed E-state index contributed by atoms with van der Waals surface area (Å²) in [7, 11) is 1.48. The quantitative estimate of drug-likeness (QED) is 0.740. The Morgan fingerprint density at radius 2 is 1.88 bits per heavy atom. The molecule has 0 saturated carbocycles. The van der Waals surface area contributed by atoms with Crippen LogP contribution in [-0.2, 0) is 9.53 Å². The topological polar surface area (TPSA) is 73.9 Å². The first kappa shape index (κ1) is 19.6. The van der Waals surface area contributed by atoms with Crippen LogP contribution in [0.15, 0.2) is 42.5 Å². The van der Waals surface area contributed by atoms with Crippen molar-refractivity contribution >= 4 is 29.2 Å². The molecule has 2 aromatic carbocycles. The SMILES string of the molecule is CCOc1ccc(C(=O)OC(C)C(=O)Nc2ccccc2Cl)cc1OC. The summed E-state index contributed by atoms with van der Waals surface area (Å²) < 4.78 is 15.8. The fourth-order valence-corrected chi connectivity index (χ4v) is 2.33. The Bertz CT molecular complexity index is 793. The normalized spacial score (nSPS) is 11.4. The minimum Gasteiger partial charge on any atom is -0.493 e. The molecule has 0 radical (unpaired) electrons. The van der Waals surface area contributed by atoms with Gasteiger partial charge < -0.3 is 19.5 Å². The van der Waals surface area contributed by atoms with Crippen LogP contribution in [0.1, 0.15) is 24.2 Å². The molecule has 1 amide bonds. The van der Waals surface area contributed by atoms with Gasteiger partial charge in [0.25, 0.3) is 5.91 Å². The summed E-state index contributed by atoms with van der Waals surface area (Å²) in [5.74, 6) is -0.192. The number of ether oxygens (including phenoxy) is 3. The number of rotatable bonds is 7. The molecule has 0 aliphatic carbocycles. The highest BCUT2D eigenvalue weighted by molar-refractivity contribution is 6.33. The van der Waals surface area contributed by atoms with Gasteiger partial charge in [-0.2, -0.15) is 0 Å². The van der Waals surface area contributed by atoms with Crippen molar-refractivity contribution in [2.75, 3.05) is 19.0 Å². The largest absolute Gasteiger partial charge is 0.493 e. The fourth-order valence-electron chi connectivity index (χ4n) is 2.15. The molecule has 2 rings (SSSR count). The van der Waals surface area contributed by atoms with E-state index in [1.54, 1.807) is 36.4 Å².